The van der Waals surface area contributed by atoms with Gasteiger partial charge in [0.1, 0.15) is 12.3 Å². The number of ether oxygens (including phenoxy) is 1. The van der Waals surface area contributed by atoms with Gasteiger partial charge >= 0.3 is 0 Å². The predicted octanol–water partition coefficient (Wildman–Crippen LogP) is 3.28. The number of carbonyl (C=O) groups is 2. The molecule has 2 atom stereocenters. The molecule has 1 unspecified atom stereocenters. The predicted molar refractivity (Wildman–Crippen MR) is 115 cm³/mol. The van der Waals surface area contributed by atoms with E-state index < -0.39 is 0 Å². The van der Waals surface area contributed by atoms with Crippen molar-refractivity contribution in [3.8, 4) is 5.75 Å². The molecule has 1 aromatic heterocycles. The summed E-state index contributed by atoms with van der Waals surface area (Å²) in [5, 5.41) is 2.28. The van der Waals surface area contributed by atoms with Gasteiger partial charge in [-0.2, -0.15) is 0 Å². The molecule has 0 aliphatic heterocycles. The van der Waals surface area contributed by atoms with Crippen LogP contribution >= 0.6 is 0 Å². The molecule has 0 saturated carbocycles. The Morgan fingerprint density at radius 3 is 2.38 bits per heavy atom. The van der Waals surface area contributed by atoms with E-state index >= 15 is 0 Å². The van der Waals surface area contributed by atoms with E-state index in [1.165, 1.54) is 12.5 Å². The van der Waals surface area contributed by atoms with Crippen molar-refractivity contribution in [1.82, 2.24) is 4.98 Å². The zero-order valence-corrected chi connectivity index (χ0v) is 18.0. The van der Waals surface area contributed by atoms with Gasteiger partial charge in [-0.25, -0.2) is 0 Å². The first-order valence-electron chi connectivity index (χ1n) is 9.86. The minimum absolute atomic E-state index is 0.0172. The van der Waals surface area contributed by atoms with Crippen molar-refractivity contribution in [2.75, 3.05) is 14.2 Å². The number of Topliss-reactive ketones (excluding diaryl/α,β-unsaturated/α-hetero) is 2. The summed E-state index contributed by atoms with van der Waals surface area (Å²) in [5.74, 6) is 0.853. The lowest BCUT2D eigenvalue weighted by Gasteiger charge is -2.21. The fraction of sp³-hybridized carbons (Fsp3) is 0.333. The lowest BCUT2D eigenvalue weighted by atomic mass is 10.0. The molecular formula is C24H29N2O3+. The number of aromatic amines is 1. The van der Waals surface area contributed by atoms with Crippen molar-refractivity contribution in [2.24, 2.45) is 0 Å². The maximum atomic E-state index is 13.1. The number of aromatic nitrogens is 1. The number of H-pyrrole nitrogens is 1. The van der Waals surface area contributed by atoms with Crippen LogP contribution in [0.2, 0.25) is 0 Å². The largest absolute Gasteiger partial charge is 0.497 e. The van der Waals surface area contributed by atoms with Crippen molar-refractivity contribution in [1.29, 1.82) is 0 Å². The Kier molecular flexibility index (Phi) is 5.89. The molecule has 0 saturated heterocycles. The molecule has 0 amide bonds. The number of methoxy groups -OCH3 is 1. The molecule has 1 heterocycles. The smallest absolute Gasteiger partial charge is 0.235 e. The van der Waals surface area contributed by atoms with Crippen LogP contribution in [0.1, 0.15) is 51.5 Å². The average molecular weight is 394 g/mol. The van der Waals surface area contributed by atoms with Gasteiger partial charge in [0.2, 0.25) is 5.78 Å². The first-order valence-corrected chi connectivity index (χ1v) is 9.86. The molecule has 5 heteroatoms. The second-order valence-corrected chi connectivity index (χ2v) is 7.84. The van der Waals surface area contributed by atoms with Gasteiger partial charge in [0.05, 0.1) is 19.9 Å². The van der Waals surface area contributed by atoms with Crippen LogP contribution in [-0.2, 0) is 6.54 Å². The Balaban J connectivity index is 1.79. The third-order valence-corrected chi connectivity index (χ3v) is 5.76. The molecule has 0 fully saturated rings. The topological polar surface area (TPSA) is 63.6 Å². The van der Waals surface area contributed by atoms with E-state index in [4.69, 9.17) is 4.74 Å². The van der Waals surface area contributed by atoms with Crippen LogP contribution in [0.3, 0.4) is 0 Å². The standard InChI is InChI=1S/C24H28N2O3/c1-14-22(17(4)27)15(2)25-23(14)24(28)16(3)26(5)13-18-7-8-20-12-21(29-6)10-9-19(20)11-18/h7-12,16,25H,13H2,1-6H3/p+1/t16-/m0/s1. The molecule has 0 bridgehead atoms. The Bertz CT molecular complexity index is 1080. The number of aryl methyl sites for hydroxylation is 1. The maximum Gasteiger partial charge on any atom is 0.235 e. The summed E-state index contributed by atoms with van der Waals surface area (Å²) in [6.07, 6.45) is 0. The minimum atomic E-state index is -0.238. The number of hydrogen-bond acceptors (Lipinski definition) is 3. The van der Waals surface area contributed by atoms with Crippen molar-refractivity contribution < 1.29 is 19.2 Å². The zero-order chi connectivity index (χ0) is 21.3. The Morgan fingerprint density at radius 1 is 1.10 bits per heavy atom. The second kappa shape index (κ2) is 8.21. The summed E-state index contributed by atoms with van der Waals surface area (Å²) in [4.78, 5) is 29.2. The second-order valence-electron chi connectivity index (χ2n) is 7.84. The van der Waals surface area contributed by atoms with Gasteiger partial charge in [-0.05, 0) is 62.2 Å². The van der Waals surface area contributed by atoms with Gasteiger partial charge in [-0.15, -0.1) is 0 Å². The number of nitrogens with one attached hydrogen (secondary N) is 2. The third-order valence-electron chi connectivity index (χ3n) is 5.76. The molecule has 2 N–H and O–H groups in total. The number of likely N-dealkylation sites (N-methyl/N-ethyl adjacent to an activating group) is 1. The third kappa shape index (κ3) is 4.10. The van der Waals surface area contributed by atoms with E-state index in [1.807, 2.05) is 40.0 Å². The number of carbonyl (C=O) groups excluding carboxylic acids is 2. The highest BCUT2D eigenvalue weighted by Gasteiger charge is 2.28. The van der Waals surface area contributed by atoms with Gasteiger partial charge in [-0.1, -0.05) is 18.2 Å². The molecule has 29 heavy (non-hydrogen) atoms. The molecule has 3 aromatic rings. The van der Waals surface area contributed by atoms with Gasteiger partial charge in [0.15, 0.2) is 11.8 Å². The summed E-state index contributed by atoms with van der Waals surface area (Å²) in [7, 11) is 3.69. The van der Waals surface area contributed by atoms with Crippen LogP contribution in [0.15, 0.2) is 36.4 Å². The number of benzene rings is 2. The van der Waals surface area contributed by atoms with Crippen molar-refractivity contribution in [2.45, 2.75) is 40.3 Å². The summed E-state index contributed by atoms with van der Waals surface area (Å²) in [5.41, 5.74) is 3.85. The molecular weight excluding hydrogens is 364 g/mol. The van der Waals surface area contributed by atoms with Gasteiger partial charge < -0.3 is 14.6 Å². The Labute approximate surface area is 171 Å². The monoisotopic (exact) mass is 393 g/mol. The molecule has 0 spiro atoms. The van der Waals surface area contributed by atoms with E-state index in [-0.39, 0.29) is 17.6 Å². The van der Waals surface area contributed by atoms with Crippen LogP contribution in [0.4, 0.5) is 0 Å². The van der Waals surface area contributed by atoms with E-state index in [2.05, 4.69) is 29.2 Å². The zero-order valence-electron chi connectivity index (χ0n) is 18.0. The SMILES string of the molecule is COc1ccc2cc(C[NH+](C)[C@@H](C)C(=O)c3[nH]c(C)c(C(C)=O)c3C)ccc2c1. The molecule has 0 radical (unpaired) electrons. The first-order chi connectivity index (χ1) is 13.7. The summed E-state index contributed by atoms with van der Waals surface area (Å²) in [6, 6.07) is 12.1. The van der Waals surface area contributed by atoms with Crippen molar-refractivity contribution in [3.63, 3.8) is 0 Å². The Hall–Kier alpha value is -2.92. The van der Waals surface area contributed by atoms with Gasteiger partial charge in [0.25, 0.3) is 0 Å². The number of fused-ring (bicyclic) bond motifs is 1. The molecule has 152 valence electrons. The lowest BCUT2D eigenvalue weighted by Crippen LogP contribution is -3.12. The van der Waals surface area contributed by atoms with Gasteiger partial charge in [0, 0.05) is 16.8 Å². The van der Waals surface area contributed by atoms with Crippen LogP contribution in [-0.4, -0.2) is 36.7 Å². The van der Waals surface area contributed by atoms with Crippen LogP contribution < -0.4 is 9.64 Å². The number of rotatable bonds is 7. The van der Waals surface area contributed by atoms with Crippen LogP contribution in [0.25, 0.3) is 10.8 Å². The molecule has 5 nitrogen and oxygen atoms in total. The maximum absolute atomic E-state index is 13.1. The quantitative estimate of drug-likeness (QED) is 0.606. The number of hydrogen-bond donors (Lipinski definition) is 2. The summed E-state index contributed by atoms with van der Waals surface area (Å²) < 4.78 is 5.29. The van der Waals surface area contributed by atoms with E-state index in [0.717, 1.165) is 39.2 Å². The lowest BCUT2D eigenvalue weighted by molar-refractivity contribution is -0.907. The fourth-order valence-corrected chi connectivity index (χ4v) is 3.95. The van der Waals surface area contributed by atoms with Crippen molar-refractivity contribution in [3.05, 3.63) is 64.5 Å². The van der Waals surface area contributed by atoms with E-state index in [0.29, 0.717) is 11.3 Å². The highest BCUT2D eigenvalue weighted by atomic mass is 16.5. The van der Waals surface area contributed by atoms with Crippen molar-refractivity contribution >= 4 is 22.3 Å². The summed E-state index contributed by atoms with van der Waals surface area (Å²) >= 11 is 0. The first kappa shape index (κ1) is 20.8. The van der Waals surface area contributed by atoms with Crippen LogP contribution in [0, 0.1) is 13.8 Å². The molecule has 0 aliphatic rings. The molecule has 3 rings (SSSR count). The molecule has 0 aliphatic carbocycles. The fourth-order valence-electron chi connectivity index (χ4n) is 3.95. The van der Waals surface area contributed by atoms with E-state index in [1.54, 1.807) is 7.11 Å². The number of ketones is 2. The number of quaternary nitrogens is 1. The highest BCUT2D eigenvalue weighted by molar-refractivity contribution is 6.04. The Morgan fingerprint density at radius 2 is 1.76 bits per heavy atom. The highest BCUT2D eigenvalue weighted by Crippen LogP contribution is 2.22. The average Bonchev–Trinajstić information content (AvgIpc) is 3.00. The van der Waals surface area contributed by atoms with Crippen LogP contribution in [0.5, 0.6) is 5.75 Å². The normalized spacial score (nSPS) is 13.3. The van der Waals surface area contributed by atoms with E-state index in [9.17, 15) is 9.59 Å². The minimum Gasteiger partial charge on any atom is -0.497 e. The summed E-state index contributed by atoms with van der Waals surface area (Å²) in [6.45, 7) is 7.88. The van der Waals surface area contributed by atoms with Gasteiger partial charge in [-0.3, -0.25) is 9.59 Å². The molecule has 2 aromatic carbocycles.